The van der Waals surface area contributed by atoms with E-state index >= 15 is 0 Å². The Labute approximate surface area is 114 Å². The van der Waals surface area contributed by atoms with E-state index in [1.165, 1.54) is 6.07 Å². The minimum Gasteiger partial charge on any atom is -0.459 e. The molecule has 0 aliphatic rings. The summed E-state index contributed by atoms with van der Waals surface area (Å²) in [6.45, 7) is 5.73. The lowest BCUT2D eigenvalue weighted by atomic mass is 10.0. The molecule has 20 heavy (non-hydrogen) atoms. The maximum Gasteiger partial charge on any atom is 0.416 e. The van der Waals surface area contributed by atoms with Crippen molar-refractivity contribution in [3.8, 4) is 0 Å². The van der Waals surface area contributed by atoms with Crippen LogP contribution in [0.4, 0.5) is 13.2 Å². The average Bonchev–Trinajstić information content (AvgIpc) is 2.78. The van der Waals surface area contributed by atoms with Crippen LogP contribution < -0.4 is 16.4 Å². The second-order valence-electron chi connectivity index (χ2n) is 4.47. The monoisotopic (exact) mass is 281 g/mol. The van der Waals surface area contributed by atoms with E-state index in [0.29, 0.717) is 27.5 Å². The summed E-state index contributed by atoms with van der Waals surface area (Å²) in [5.41, 5.74) is 6.29. The van der Waals surface area contributed by atoms with Gasteiger partial charge in [0.1, 0.15) is 11.2 Å². The maximum atomic E-state index is 12.7. The van der Waals surface area contributed by atoms with Gasteiger partial charge in [0.05, 0.1) is 12.1 Å². The molecule has 2 aromatic rings. The molecule has 0 spiro atoms. The van der Waals surface area contributed by atoms with Gasteiger partial charge < -0.3 is 10.2 Å². The molecular formula is C15H14F3NO. The fourth-order valence-corrected chi connectivity index (χ4v) is 1.96. The van der Waals surface area contributed by atoms with Gasteiger partial charge >= 0.3 is 6.18 Å². The molecule has 0 fully saturated rings. The van der Waals surface area contributed by atoms with Crippen molar-refractivity contribution in [2.24, 2.45) is 5.73 Å². The molecule has 1 aromatic heterocycles. The third-order valence-corrected chi connectivity index (χ3v) is 3.02. The molecular weight excluding hydrogens is 267 g/mol. The van der Waals surface area contributed by atoms with E-state index in [4.69, 9.17) is 10.2 Å². The van der Waals surface area contributed by atoms with Crippen LogP contribution in [0.3, 0.4) is 0 Å². The predicted molar refractivity (Wildman–Crippen MR) is 71.0 cm³/mol. The highest BCUT2D eigenvalue weighted by molar-refractivity contribution is 5.63. The molecule has 1 heterocycles. The average molecular weight is 281 g/mol. The molecule has 0 radical (unpaired) electrons. The SMILES string of the molecule is C=c1cc(CN)oc1=C(C)c1cccc(C(F)(F)F)c1. The molecule has 106 valence electrons. The minimum atomic E-state index is -4.37. The van der Waals surface area contributed by atoms with Crippen molar-refractivity contribution in [2.45, 2.75) is 19.6 Å². The van der Waals surface area contributed by atoms with Crippen LogP contribution in [0.5, 0.6) is 0 Å². The summed E-state index contributed by atoms with van der Waals surface area (Å²) >= 11 is 0. The van der Waals surface area contributed by atoms with Gasteiger partial charge in [-0.1, -0.05) is 18.7 Å². The number of alkyl halides is 3. The summed E-state index contributed by atoms with van der Waals surface area (Å²) in [4.78, 5) is 0. The van der Waals surface area contributed by atoms with E-state index in [1.807, 2.05) is 0 Å². The zero-order valence-corrected chi connectivity index (χ0v) is 10.9. The van der Waals surface area contributed by atoms with Crippen molar-refractivity contribution < 1.29 is 17.6 Å². The van der Waals surface area contributed by atoms with E-state index in [2.05, 4.69) is 6.58 Å². The van der Waals surface area contributed by atoms with Crippen molar-refractivity contribution in [3.63, 3.8) is 0 Å². The highest BCUT2D eigenvalue weighted by atomic mass is 19.4. The first kappa shape index (κ1) is 14.4. The largest absolute Gasteiger partial charge is 0.459 e. The summed E-state index contributed by atoms with van der Waals surface area (Å²) < 4.78 is 43.6. The van der Waals surface area contributed by atoms with Gasteiger partial charge in [-0.2, -0.15) is 13.2 Å². The Morgan fingerprint density at radius 1 is 1.30 bits per heavy atom. The molecule has 0 bridgehead atoms. The number of furan rings is 1. The lowest BCUT2D eigenvalue weighted by molar-refractivity contribution is -0.137. The second kappa shape index (κ2) is 5.17. The predicted octanol–water partition coefficient (Wildman–Crippen LogP) is 2.39. The molecule has 0 aliphatic heterocycles. The smallest absolute Gasteiger partial charge is 0.416 e. The maximum absolute atomic E-state index is 12.7. The van der Waals surface area contributed by atoms with Crippen LogP contribution in [0.2, 0.25) is 0 Å². The molecule has 0 saturated heterocycles. The Kier molecular flexibility index (Phi) is 3.72. The number of hydrogen-bond acceptors (Lipinski definition) is 2. The molecule has 2 nitrogen and oxygen atoms in total. The van der Waals surface area contributed by atoms with Crippen LogP contribution in [0, 0.1) is 0 Å². The molecule has 0 atom stereocenters. The van der Waals surface area contributed by atoms with Crippen molar-refractivity contribution in [3.05, 3.63) is 57.9 Å². The highest BCUT2D eigenvalue weighted by Gasteiger charge is 2.30. The Hall–Kier alpha value is -2.01. The van der Waals surface area contributed by atoms with Gasteiger partial charge in [-0.25, -0.2) is 0 Å². The van der Waals surface area contributed by atoms with Gasteiger partial charge in [-0.05, 0) is 36.3 Å². The number of nitrogens with two attached hydrogens (primary N) is 1. The Bertz CT molecular complexity index is 728. The van der Waals surface area contributed by atoms with Crippen molar-refractivity contribution in [2.75, 3.05) is 0 Å². The first-order chi connectivity index (χ1) is 9.32. The van der Waals surface area contributed by atoms with Crippen LogP contribution in [0.15, 0.2) is 34.7 Å². The van der Waals surface area contributed by atoms with Crippen LogP contribution in [0.25, 0.3) is 12.2 Å². The number of halogens is 3. The molecule has 2 N–H and O–H groups in total. The zero-order valence-electron chi connectivity index (χ0n) is 10.9. The number of benzene rings is 1. The summed E-state index contributed by atoms with van der Waals surface area (Å²) in [6, 6.07) is 6.80. The summed E-state index contributed by atoms with van der Waals surface area (Å²) in [7, 11) is 0. The van der Waals surface area contributed by atoms with Gasteiger partial charge in [0.25, 0.3) is 0 Å². The van der Waals surface area contributed by atoms with E-state index in [1.54, 1.807) is 19.1 Å². The Morgan fingerprint density at radius 3 is 2.55 bits per heavy atom. The fourth-order valence-electron chi connectivity index (χ4n) is 1.96. The zero-order chi connectivity index (χ0) is 14.9. The summed E-state index contributed by atoms with van der Waals surface area (Å²) in [5, 5.41) is 0.611. The summed E-state index contributed by atoms with van der Waals surface area (Å²) in [6.07, 6.45) is -4.37. The molecule has 5 heteroatoms. The number of rotatable bonds is 2. The van der Waals surface area contributed by atoms with E-state index in [9.17, 15) is 13.2 Å². The lowest BCUT2D eigenvalue weighted by Gasteiger charge is -2.08. The van der Waals surface area contributed by atoms with Crippen LogP contribution >= 0.6 is 0 Å². The third-order valence-electron chi connectivity index (χ3n) is 3.02. The number of hydrogen-bond donors (Lipinski definition) is 1. The van der Waals surface area contributed by atoms with Crippen LogP contribution in [0.1, 0.15) is 23.8 Å². The van der Waals surface area contributed by atoms with Gasteiger partial charge in [0.15, 0.2) is 0 Å². The lowest BCUT2D eigenvalue weighted by Crippen LogP contribution is -2.20. The van der Waals surface area contributed by atoms with Crippen LogP contribution in [-0.2, 0) is 12.7 Å². The Balaban J connectivity index is 2.61. The van der Waals surface area contributed by atoms with Gasteiger partial charge in [0.2, 0.25) is 0 Å². The standard InChI is InChI=1S/C15H14F3NO/c1-9-6-13(8-19)20-14(9)10(2)11-4-3-5-12(7-11)15(16,17)18/h3-7H,1,8,19H2,2H3. The third kappa shape index (κ3) is 2.77. The van der Waals surface area contributed by atoms with Gasteiger partial charge in [-0.15, -0.1) is 0 Å². The van der Waals surface area contributed by atoms with E-state index in [-0.39, 0.29) is 6.54 Å². The molecule has 1 aromatic carbocycles. The molecule has 0 aliphatic carbocycles. The molecule has 0 amide bonds. The molecule has 0 saturated carbocycles. The van der Waals surface area contributed by atoms with E-state index < -0.39 is 11.7 Å². The first-order valence-corrected chi connectivity index (χ1v) is 5.99. The fraction of sp³-hybridized carbons (Fsp3) is 0.200. The molecule has 2 rings (SSSR count). The van der Waals surface area contributed by atoms with Crippen molar-refractivity contribution >= 4 is 12.2 Å². The quantitative estimate of drug-likeness (QED) is 0.918. The van der Waals surface area contributed by atoms with Gasteiger partial charge in [-0.3, -0.25) is 0 Å². The highest BCUT2D eigenvalue weighted by Crippen LogP contribution is 2.30. The topological polar surface area (TPSA) is 39.2 Å². The molecule has 0 unspecified atom stereocenters. The van der Waals surface area contributed by atoms with Crippen LogP contribution in [-0.4, -0.2) is 0 Å². The van der Waals surface area contributed by atoms with E-state index in [0.717, 1.165) is 12.1 Å². The summed E-state index contributed by atoms with van der Waals surface area (Å²) in [5.74, 6) is 0.552. The first-order valence-electron chi connectivity index (χ1n) is 5.99. The minimum absolute atomic E-state index is 0.221. The van der Waals surface area contributed by atoms with Crippen molar-refractivity contribution in [1.82, 2.24) is 0 Å². The Morgan fingerprint density at radius 2 is 2.00 bits per heavy atom. The van der Waals surface area contributed by atoms with Gasteiger partial charge in [0, 0.05) is 5.22 Å². The second-order valence-corrected chi connectivity index (χ2v) is 4.47. The van der Waals surface area contributed by atoms with Crippen molar-refractivity contribution in [1.29, 1.82) is 0 Å². The normalized spacial score (nSPS) is 13.4.